The van der Waals surface area contributed by atoms with E-state index in [4.69, 9.17) is 31.6 Å². The third kappa shape index (κ3) is 8.75. The van der Waals surface area contributed by atoms with Crippen LogP contribution in [-0.2, 0) is 30.3 Å². The van der Waals surface area contributed by atoms with Gasteiger partial charge in [-0.05, 0) is 36.4 Å². The number of anilines is 1. The van der Waals surface area contributed by atoms with Crippen molar-refractivity contribution in [3.05, 3.63) is 58.1 Å². The number of phosphoric ester groups is 1. The molecule has 36 heavy (non-hydrogen) atoms. The number of hydrogen-bond donors (Lipinski definition) is 4. The van der Waals surface area contributed by atoms with E-state index >= 15 is 0 Å². The van der Waals surface area contributed by atoms with Gasteiger partial charge in [-0.2, -0.15) is 30.7 Å². The lowest BCUT2D eigenvalue weighted by atomic mass is 10.1. The van der Waals surface area contributed by atoms with Crippen LogP contribution in [0.3, 0.4) is 0 Å². The van der Waals surface area contributed by atoms with E-state index in [0.29, 0.717) is 0 Å². The Morgan fingerprint density at radius 1 is 1.00 bits per heavy atom. The van der Waals surface area contributed by atoms with Gasteiger partial charge in [-0.15, -0.1) is 0 Å². The molecule has 10 nitrogen and oxygen atoms in total. The normalized spacial score (nSPS) is 14.3. The highest BCUT2D eigenvalue weighted by Gasteiger charge is 2.39. The summed E-state index contributed by atoms with van der Waals surface area (Å²) in [5.41, 5.74) is 0.0825. The predicted octanol–water partition coefficient (Wildman–Crippen LogP) is 5.20. The molecule has 0 aliphatic heterocycles. The van der Waals surface area contributed by atoms with Crippen molar-refractivity contribution < 1.29 is 63.4 Å². The Bertz CT molecular complexity index is 1190. The second-order valence-corrected chi connectivity index (χ2v) is 10.0. The number of nitrogens with two attached hydrogens (primary N) is 1. The highest BCUT2D eigenvalue weighted by atomic mass is 35.5. The van der Waals surface area contributed by atoms with Crippen molar-refractivity contribution >= 4 is 38.8 Å². The molecule has 0 saturated heterocycles. The molecule has 19 heteroatoms. The molecule has 2 aromatic carbocycles. The van der Waals surface area contributed by atoms with Gasteiger partial charge in [0, 0.05) is 17.3 Å². The molecule has 0 heterocycles. The number of benzene rings is 2. The molecule has 0 aromatic heterocycles. The maximum Gasteiger partial charge on any atom is 0.539 e. The minimum absolute atomic E-state index is 0.159. The maximum atomic E-state index is 13.1. The molecular formula is C17H15ClF6N2O8P2. The van der Waals surface area contributed by atoms with Gasteiger partial charge in [0.15, 0.2) is 0 Å². The largest absolute Gasteiger partial charge is 0.539 e. The maximum absolute atomic E-state index is 13.1. The molecule has 2 rings (SSSR count). The Morgan fingerprint density at radius 2 is 1.56 bits per heavy atom. The fourth-order valence-corrected chi connectivity index (χ4v) is 4.78. The average Bonchev–Trinajstić information content (AvgIpc) is 2.70. The Hall–Kier alpha value is -2.16. The van der Waals surface area contributed by atoms with Crippen LogP contribution < -0.4 is 15.6 Å². The molecule has 0 radical (unpaired) electrons. The summed E-state index contributed by atoms with van der Waals surface area (Å²) in [5, 5.41) is 1.61. The first kappa shape index (κ1) is 30.1. The van der Waals surface area contributed by atoms with Gasteiger partial charge in [0.05, 0.1) is 23.3 Å². The summed E-state index contributed by atoms with van der Waals surface area (Å²) in [5.74, 6) is -2.17. The standard InChI is InChI=1S/C17H15ClF6N2O8P2/c18-11-1-2-14(33-36(31,32-4-3-25)34-35(28,29)30)13(8-11)15(27)26-12-6-9(16(19,20)21)5-10(7-12)17(22,23)24/h1-2,5-8H,3-4,25H2,(H,26,27)(H2,28,29,30). The second-order valence-electron chi connectivity index (χ2n) is 6.62. The number of hydrogen-bond acceptors (Lipinski definition) is 7. The van der Waals surface area contributed by atoms with E-state index in [-0.39, 0.29) is 29.8 Å². The van der Waals surface area contributed by atoms with E-state index in [1.165, 1.54) is 0 Å². The number of nitrogens with one attached hydrogen (secondary N) is 1. The lowest BCUT2D eigenvalue weighted by molar-refractivity contribution is -0.143. The van der Waals surface area contributed by atoms with E-state index in [0.717, 1.165) is 18.2 Å². The zero-order valence-corrected chi connectivity index (χ0v) is 19.9. The van der Waals surface area contributed by atoms with Crippen molar-refractivity contribution in [1.29, 1.82) is 0 Å². The first-order valence-electron chi connectivity index (χ1n) is 9.14. The van der Waals surface area contributed by atoms with Crippen molar-refractivity contribution in [2.24, 2.45) is 5.73 Å². The number of amides is 1. The van der Waals surface area contributed by atoms with Crippen LogP contribution in [0.1, 0.15) is 21.5 Å². The Kier molecular flexibility index (Phi) is 9.25. The summed E-state index contributed by atoms with van der Waals surface area (Å²) in [6, 6.07) is 3.01. The van der Waals surface area contributed by atoms with Gasteiger partial charge in [-0.25, -0.2) is 9.13 Å². The molecule has 0 aliphatic rings. The minimum Gasteiger partial charge on any atom is -0.403 e. The van der Waals surface area contributed by atoms with Gasteiger partial charge >= 0.3 is 28.0 Å². The van der Waals surface area contributed by atoms with E-state index in [9.17, 15) is 40.3 Å². The lowest BCUT2D eigenvalue weighted by Gasteiger charge is -2.20. The van der Waals surface area contributed by atoms with E-state index in [1.54, 1.807) is 5.32 Å². The van der Waals surface area contributed by atoms with Crippen LogP contribution in [0.2, 0.25) is 5.02 Å². The highest BCUT2D eigenvalue weighted by molar-refractivity contribution is 7.61. The third-order valence-electron chi connectivity index (χ3n) is 3.82. The van der Waals surface area contributed by atoms with Gasteiger partial charge < -0.3 is 25.4 Å². The fraction of sp³-hybridized carbons (Fsp3) is 0.235. The Labute approximate surface area is 203 Å². The van der Waals surface area contributed by atoms with Gasteiger partial charge in [0.2, 0.25) is 0 Å². The summed E-state index contributed by atoms with van der Waals surface area (Å²) in [6.45, 7) is -0.917. The molecule has 0 saturated carbocycles. The number of rotatable bonds is 9. The molecule has 0 spiro atoms. The molecule has 0 fully saturated rings. The topological polar surface area (TPSA) is 157 Å². The first-order valence-corrected chi connectivity index (χ1v) is 12.5. The van der Waals surface area contributed by atoms with Crippen LogP contribution in [0.4, 0.5) is 32.0 Å². The zero-order chi connectivity index (χ0) is 27.5. The van der Waals surface area contributed by atoms with Gasteiger partial charge in [-0.3, -0.25) is 9.32 Å². The Balaban J connectivity index is 2.50. The Morgan fingerprint density at radius 3 is 2.03 bits per heavy atom. The van der Waals surface area contributed by atoms with Crippen LogP contribution in [0.5, 0.6) is 5.75 Å². The summed E-state index contributed by atoms with van der Waals surface area (Å²) in [7, 11) is -10.7. The van der Waals surface area contributed by atoms with Crippen molar-refractivity contribution in [3.63, 3.8) is 0 Å². The molecule has 1 amide bonds. The number of carbonyl (C=O) groups excluding carboxylic acids is 1. The van der Waals surface area contributed by atoms with Gasteiger partial charge in [0.1, 0.15) is 5.75 Å². The molecule has 200 valence electrons. The summed E-state index contributed by atoms with van der Waals surface area (Å²) in [4.78, 5) is 30.7. The first-order chi connectivity index (χ1) is 16.3. The monoisotopic (exact) mass is 586 g/mol. The van der Waals surface area contributed by atoms with Crippen LogP contribution in [-0.4, -0.2) is 28.8 Å². The van der Waals surface area contributed by atoms with Crippen LogP contribution in [0.25, 0.3) is 0 Å². The number of alkyl halides is 6. The minimum atomic E-state index is -5.50. The summed E-state index contributed by atoms with van der Waals surface area (Å²) in [6.07, 6.45) is -10.4. The van der Waals surface area contributed by atoms with E-state index in [1.807, 2.05) is 0 Å². The van der Waals surface area contributed by atoms with Crippen molar-refractivity contribution in [3.8, 4) is 5.75 Å². The second kappa shape index (κ2) is 11.1. The molecular weight excluding hydrogens is 572 g/mol. The van der Waals surface area contributed by atoms with Crippen molar-refractivity contribution in [1.82, 2.24) is 0 Å². The zero-order valence-electron chi connectivity index (χ0n) is 17.3. The molecule has 0 bridgehead atoms. The van der Waals surface area contributed by atoms with Crippen LogP contribution in [0.15, 0.2) is 36.4 Å². The van der Waals surface area contributed by atoms with Crippen molar-refractivity contribution in [2.45, 2.75) is 12.4 Å². The van der Waals surface area contributed by atoms with E-state index in [2.05, 4.69) is 8.83 Å². The summed E-state index contributed by atoms with van der Waals surface area (Å²) < 4.78 is 116. The number of carbonyl (C=O) groups is 1. The van der Waals surface area contributed by atoms with Gasteiger partial charge in [-0.1, -0.05) is 11.6 Å². The fourth-order valence-electron chi connectivity index (χ4n) is 2.47. The van der Waals surface area contributed by atoms with E-state index < -0.39 is 68.6 Å². The summed E-state index contributed by atoms with van der Waals surface area (Å²) >= 11 is 5.79. The van der Waals surface area contributed by atoms with Gasteiger partial charge in [0.25, 0.3) is 5.91 Å². The number of phosphoric acid groups is 2. The van der Waals surface area contributed by atoms with Crippen LogP contribution in [0, 0.1) is 0 Å². The molecule has 1 atom stereocenters. The third-order valence-corrected chi connectivity index (χ3v) is 6.62. The smallest absolute Gasteiger partial charge is 0.403 e. The van der Waals surface area contributed by atoms with Crippen LogP contribution >= 0.6 is 27.2 Å². The predicted molar refractivity (Wildman–Crippen MR) is 112 cm³/mol. The van der Waals surface area contributed by atoms with Crippen molar-refractivity contribution in [2.75, 3.05) is 18.5 Å². The quantitative estimate of drug-likeness (QED) is 0.229. The number of halogens is 7. The average molecular weight is 587 g/mol. The SMILES string of the molecule is NCCOP(=O)(Oc1ccc(Cl)cc1C(=O)Nc1cc(C(F)(F)F)cc(C(F)(F)F)c1)OP(=O)(O)O. The molecule has 1 unspecified atom stereocenters. The lowest BCUT2D eigenvalue weighted by Crippen LogP contribution is -2.17. The molecule has 5 N–H and O–H groups in total. The molecule has 0 aliphatic carbocycles. The highest BCUT2D eigenvalue weighted by Crippen LogP contribution is 2.61. The molecule has 2 aromatic rings.